The summed E-state index contributed by atoms with van der Waals surface area (Å²) in [4.78, 5) is 10.6. The second-order valence-electron chi connectivity index (χ2n) is 4.17. The zero-order chi connectivity index (χ0) is 10.8. The molecule has 1 rings (SSSR count). The van der Waals surface area contributed by atoms with E-state index in [0.717, 1.165) is 12.0 Å². The fourth-order valence-electron chi connectivity index (χ4n) is 1.29. The monoisotopic (exact) mass is 193 g/mol. The molecular formula is C11H15NO2. The van der Waals surface area contributed by atoms with Gasteiger partial charge in [-0.25, -0.2) is 4.79 Å². The van der Waals surface area contributed by atoms with Gasteiger partial charge in [0.2, 0.25) is 0 Å². The lowest BCUT2D eigenvalue weighted by Gasteiger charge is -2.18. The van der Waals surface area contributed by atoms with Crippen LogP contribution in [0.4, 0.5) is 0 Å². The zero-order valence-corrected chi connectivity index (χ0v) is 8.45. The number of benzene rings is 1. The summed E-state index contributed by atoms with van der Waals surface area (Å²) >= 11 is 0. The minimum absolute atomic E-state index is 0.259. The van der Waals surface area contributed by atoms with Gasteiger partial charge in [0.15, 0.2) is 0 Å². The second-order valence-corrected chi connectivity index (χ2v) is 4.17. The number of hydrogen-bond donors (Lipinski definition) is 2. The van der Waals surface area contributed by atoms with Crippen LogP contribution >= 0.6 is 0 Å². The molecule has 0 saturated carbocycles. The highest BCUT2D eigenvalue weighted by Gasteiger charge is 2.11. The number of carboxylic acids is 1. The van der Waals surface area contributed by atoms with Crippen molar-refractivity contribution in [3.63, 3.8) is 0 Å². The topological polar surface area (TPSA) is 63.3 Å². The molecule has 0 heterocycles. The van der Waals surface area contributed by atoms with Crippen LogP contribution in [0.3, 0.4) is 0 Å². The molecule has 0 radical (unpaired) electrons. The first-order chi connectivity index (χ1) is 6.38. The average Bonchev–Trinajstić information content (AvgIpc) is 2.02. The number of rotatable bonds is 3. The van der Waals surface area contributed by atoms with E-state index in [-0.39, 0.29) is 5.54 Å². The summed E-state index contributed by atoms with van der Waals surface area (Å²) in [6, 6.07) is 6.81. The summed E-state index contributed by atoms with van der Waals surface area (Å²) < 4.78 is 0. The van der Waals surface area contributed by atoms with Crippen molar-refractivity contribution < 1.29 is 9.90 Å². The van der Waals surface area contributed by atoms with E-state index in [1.54, 1.807) is 24.3 Å². The molecule has 0 bridgehead atoms. The SMILES string of the molecule is CC(C)(N)Cc1ccc(C(=O)O)cc1. The van der Waals surface area contributed by atoms with Crippen molar-refractivity contribution >= 4 is 5.97 Å². The third kappa shape index (κ3) is 3.18. The normalized spacial score (nSPS) is 11.4. The van der Waals surface area contributed by atoms with Gasteiger partial charge in [-0.15, -0.1) is 0 Å². The Kier molecular flexibility index (Phi) is 2.91. The molecule has 3 nitrogen and oxygen atoms in total. The van der Waals surface area contributed by atoms with Gasteiger partial charge in [-0.1, -0.05) is 12.1 Å². The Labute approximate surface area is 83.6 Å². The Morgan fingerprint density at radius 3 is 2.21 bits per heavy atom. The summed E-state index contributed by atoms with van der Waals surface area (Å²) in [5.74, 6) is -0.899. The van der Waals surface area contributed by atoms with Crippen molar-refractivity contribution in [3.05, 3.63) is 35.4 Å². The van der Waals surface area contributed by atoms with Gasteiger partial charge in [-0.2, -0.15) is 0 Å². The summed E-state index contributed by atoms with van der Waals surface area (Å²) in [6.45, 7) is 3.89. The standard InChI is InChI=1S/C11H15NO2/c1-11(2,12)7-8-3-5-9(6-4-8)10(13)14/h3-6H,7,12H2,1-2H3,(H,13,14). The maximum absolute atomic E-state index is 10.6. The highest BCUT2D eigenvalue weighted by atomic mass is 16.4. The maximum Gasteiger partial charge on any atom is 0.335 e. The van der Waals surface area contributed by atoms with Crippen molar-refractivity contribution in [1.29, 1.82) is 0 Å². The summed E-state index contributed by atoms with van der Waals surface area (Å²) in [5.41, 5.74) is 6.96. The van der Waals surface area contributed by atoms with E-state index in [0.29, 0.717) is 5.56 Å². The number of hydrogen-bond acceptors (Lipinski definition) is 2. The van der Waals surface area contributed by atoms with E-state index in [1.165, 1.54) is 0 Å². The molecule has 3 heteroatoms. The van der Waals surface area contributed by atoms with E-state index < -0.39 is 5.97 Å². The quantitative estimate of drug-likeness (QED) is 0.767. The minimum Gasteiger partial charge on any atom is -0.478 e. The molecule has 0 saturated heterocycles. The smallest absolute Gasteiger partial charge is 0.335 e. The van der Waals surface area contributed by atoms with Crippen molar-refractivity contribution in [1.82, 2.24) is 0 Å². The van der Waals surface area contributed by atoms with Crippen LogP contribution in [0, 0.1) is 0 Å². The van der Waals surface area contributed by atoms with Gasteiger partial charge in [0, 0.05) is 5.54 Å². The van der Waals surface area contributed by atoms with E-state index >= 15 is 0 Å². The molecule has 0 spiro atoms. The van der Waals surface area contributed by atoms with Crippen LogP contribution in [0.5, 0.6) is 0 Å². The van der Waals surface area contributed by atoms with E-state index in [9.17, 15) is 4.79 Å². The third-order valence-corrected chi connectivity index (χ3v) is 1.86. The van der Waals surface area contributed by atoms with Gasteiger partial charge < -0.3 is 10.8 Å². The Morgan fingerprint density at radius 2 is 1.86 bits per heavy atom. The number of carbonyl (C=O) groups is 1. The fraction of sp³-hybridized carbons (Fsp3) is 0.364. The molecule has 1 aromatic carbocycles. The molecule has 0 atom stereocenters. The molecule has 0 aliphatic rings. The molecule has 0 aliphatic carbocycles. The predicted octanol–water partition coefficient (Wildman–Crippen LogP) is 1.66. The van der Waals surface area contributed by atoms with Gasteiger partial charge in [0.1, 0.15) is 0 Å². The van der Waals surface area contributed by atoms with Crippen molar-refractivity contribution in [3.8, 4) is 0 Å². The van der Waals surface area contributed by atoms with Gasteiger partial charge in [0.05, 0.1) is 5.56 Å². The first kappa shape index (κ1) is 10.7. The average molecular weight is 193 g/mol. The van der Waals surface area contributed by atoms with Crippen molar-refractivity contribution in [2.24, 2.45) is 5.73 Å². The molecule has 0 aromatic heterocycles. The highest BCUT2D eigenvalue weighted by Crippen LogP contribution is 2.11. The van der Waals surface area contributed by atoms with Crippen LogP contribution in [0.25, 0.3) is 0 Å². The van der Waals surface area contributed by atoms with Gasteiger partial charge in [-0.05, 0) is 38.0 Å². The second kappa shape index (κ2) is 3.80. The Bertz CT molecular complexity index is 322. The van der Waals surface area contributed by atoms with Gasteiger partial charge >= 0.3 is 5.97 Å². The summed E-state index contributed by atoms with van der Waals surface area (Å²) in [5, 5.41) is 8.68. The van der Waals surface area contributed by atoms with Crippen LogP contribution in [0.1, 0.15) is 29.8 Å². The number of carboxylic acid groups (broad SMARTS) is 1. The Hall–Kier alpha value is -1.35. The van der Waals surface area contributed by atoms with Crippen molar-refractivity contribution in [2.45, 2.75) is 25.8 Å². The first-order valence-corrected chi connectivity index (χ1v) is 4.49. The van der Waals surface area contributed by atoms with Crippen LogP contribution in [0.15, 0.2) is 24.3 Å². The predicted molar refractivity (Wildman–Crippen MR) is 55.4 cm³/mol. The Morgan fingerprint density at radius 1 is 1.36 bits per heavy atom. The molecule has 0 aliphatic heterocycles. The lowest BCUT2D eigenvalue weighted by atomic mass is 9.96. The van der Waals surface area contributed by atoms with Gasteiger partial charge in [-0.3, -0.25) is 0 Å². The van der Waals surface area contributed by atoms with E-state index in [1.807, 2.05) is 13.8 Å². The first-order valence-electron chi connectivity index (χ1n) is 4.49. The highest BCUT2D eigenvalue weighted by molar-refractivity contribution is 5.87. The van der Waals surface area contributed by atoms with Crippen LogP contribution < -0.4 is 5.73 Å². The molecule has 76 valence electrons. The van der Waals surface area contributed by atoms with E-state index in [2.05, 4.69) is 0 Å². The van der Waals surface area contributed by atoms with Crippen LogP contribution in [0.2, 0.25) is 0 Å². The maximum atomic E-state index is 10.6. The fourth-order valence-corrected chi connectivity index (χ4v) is 1.29. The molecule has 0 unspecified atom stereocenters. The molecule has 0 fully saturated rings. The summed E-state index contributed by atoms with van der Waals surface area (Å²) in [6.07, 6.45) is 0.743. The lowest BCUT2D eigenvalue weighted by Crippen LogP contribution is -2.34. The third-order valence-electron chi connectivity index (χ3n) is 1.86. The molecule has 3 N–H and O–H groups in total. The van der Waals surface area contributed by atoms with Crippen LogP contribution in [-0.4, -0.2) is 16.6 Å². The molecule has 0 amide bonds. The minimum atomic E-state index is -0.899. The van der Waals surface area contributed by atoms with E-state index in [4.69, 9.17) is 10.8 Å². The molecule has 1 aromatic rings. The van der Waals surface area contributed by atoms with Gasteiger partial charge in [0.25, 0.3) is 0 Å². The number of aromatic carboxylic acids is 1. The zero-order valence-electron chi connectivity index (χ0n) is 8.45. The lowest BCUT2D eigenvalue weighted by molar-refractivity contribution is 0.0697. The van der Waals surface area contributed by atoms with Crippen molar-refractivity contribution in [2.75, 3.05) is 0 Å². The van der Waals surface area contributed by atoms with Crippen LogP contribution in [-0.2, 0) is 6.42 Å². The largest absolute Gasteiger partial charge is 0.478 e. The molecular weight excluding hydrogens is 178 g/mol. The Balaban J connectivity index is 2.79. The number of nitrogens with two attached hydrogens (primary N) is 1. The molecule has 14 heavy (non-hydrogen) atoms. The summed E-state index contributed by atoms with van der Waals surface area (Å²) in [7, 11) is 0.